The molecule has 0 amide bonds. The van der Waals surface area contributed by atoms with Gasteiger partial charge in [0.25, 0.3) is 0 Å². The number of nitrogens with zero attached hydrogens (tertiary/aromatic N) is 2. The summed E-state index contributed by atoms with van der Waals surface area (Å²) >= 11 is 0. The molecule has 1 fully saturated rings. The van der Waals surface area contributed by atoms with Crippen LogP contribution in [0.2, 0.25) is 0 Å². The maximum atomic E-state index is 13.3. The van der Waals surface area contributed by atoms with Crippen LogP contribution in [0.3, 0.4) is 0 Å². The van der Waals surface area contributed by atoms with Crippen LogP contribution in [0.4, 0.5) is 8.78 Å². The van der Waals surface area contributed by atoms with E-state index in [-0.39, 0.29) is 10.8 Å². The average Bonchev–Trinajstić information content (AvgIpc) is 2.64. The molecule has 1 aromatic heterocycles. The lowest BCUT2D eigenvalue weighted by Crippen LogP contribution is -2.40. The van der Waals surface area contributed by atoms with Crippen molar-refractivity contribution in [2.24, 2.45) is 5.92 Å². The molecule has 0 spiro atoms. The van der Waals surface area contributed by atoms with Crippen LogP contribution in [0.15, 0.2) is 47.6 Å². The Morgan fingerprint density at radius 2 is 2.04 bits per heavy atom. The first kappa shape index (κ1) is 17.9. The van der Waals surface area contributed by atoms with E-state index in [1.807, 2.05) is 0 Å². The van der Waals surface area contributed by atoms with Gasteiger partial charge in [-0.3, -0.25) is 4.98 Å². The topological polar surface area (TPSA) is 50.3 Å². The van der Waals surface area contributed by atoms with E-state index in [1.54, 1.807) is 24.4 Å². The van der Waals surface area contributed by atoms with E-state index < -0.39 is 21.7 Å². The molecule has 4 nitrogen and oxygen atoms in total. The minimum atomic E-state index is -3.53. The summed E-state index contributed by atoms with van der Waals surface area (Å²) in [5, 5.41) is 0. The molecule has 2 aromatic rings. The quantitative estimate of drug-likeness (QED) is 0.815. The SMILES string of the molecule is O=S(=O)(c1cccnc1)N1CCC[C@@H](CCc2ccc(F)c(F)c2)C1. The maximum absolute atomic E-state index is 13.3. The zero-order valence-electron chi connectivity index (χ0n) is 13.7. The van der Waals surface area contributed by atoms with Crippen molar-refractivity contribution in [2.75, 3.05) is 13.1 Å². The molecule has 0 radical (unpaired) electrons. The molecule has 7 heteroatoms. The highest BCUT2D eigenvalue weighted by Gasteiger charge is 2.30. The number of hydrogen-bond donors (Lipinski definition) is 0. The summed E-state index contributed by atoms with van der Waals surface area (Å²) in [7, 11) is -3.53. The fraction of sp³-hybridized carbons (Fsp3) is 0.389. The van der Waals surface area contributed by atoms with Gasteiger partial charge in [0.05, 0.1) is 0 Å². The number of pyridine rings is 1. The Hall–Kier alpha value is -1.86. The number of sulfonamides is 1. The van der Waals surface area contributed by atoms with Crippen LogP contribution < -0.4 is 0 Å². The monoisotopic (exact) mass is 366 g/mol. The van der Waals surface area contributed by atoms with Crippen molar-refractivity contribution in [2.45, 2.75) is 30.6 Å². The second-order valence-electron chi connectivity index (χ2n) is 6.35. The standard InChI is InChI=1S/C18H20F2N2O2S/c19-17-8-7-14(11-18(17)20)5-6-15-3-2-10-22(13-15)25(23,24)16-4-1-9-21-12-16/h1,4,7-9,11-12,15H,2-3,5-6,10,13H2/t15-/m0/s1. The number of aromatic nitrogens is 1. The summed E-state index contributed by atoms with van der Waals surface area (Å²) in [6.07, 6.45) is 5.97. The van der Waals surface area contributed by atoms with Crippen LogP contribution >= 0.6 is 0 Å². The maximum Gasteiger partial charge on any atom is 0.244 e. The summed E-state index contributed by atoms with van der Waals surface area (Å²) in [5.41, 5.74) is 0.728. The molecule has 2 heterocycles. The third-order valence-electron chi connectivity index (χ3n) is 4.58. The molecule has 3 rings (SSSR count). The fourth-order valence-electron chi connectivity index (χ4n) is 3.20. The van der Waals surface area contributed by atoms with Gasteiger partial charge in [-0.1, -0.05) is 6.07 Å². The van der Waals surface area contributed by atoms with Crippen molar-refractivity contribution in [1.29, 1.82) is 0 Å². The van der Waals surface area contributed by atoms with Crippen LogP contribution in [0, 0.1) is 17.6 Å². The highest BCUT2D eigenvalue weighted by atomic mass is 32.2. The van der Waals surface area contributed by atoms with Gasteiger partial charge in [-0.15, -0.1) is 0 Å². The number of rotatable bonds is 5. The Bertz CT molecular complexity index is 828. The summed E-state index contributed by atoms with van der Waals surface area (Å²) in [6, 6.07) is 7.07. The van der Waals surface area contributed by atoms with Gasteiger partial charge < -0.3 is 0 Å². The predicted octanol–water partition coefficient (Wildman–Crippen LogP) is 3.39. The Kier molecular flexibility index (Phi) is 5.44. The zero-order chi connectivity index (χ0) is 17.9. The molecule has 1 aromatic carbocycles. The average molecular weight is 366 g/mol. The van der Waals surface area contributed by atoms with Crippen LogP contribution in [0.5, 0.6) is 0 Å². The summed E-state index contributed by atoms with van der Waals surface area (Å²) in [6.45, 7) is 0.944. The third kappa shape index (κ3) is 4.22. The van der Waals surface area contributed by atoms with Crippen LogP contribution in [0.1, 0.15) is 24.8 Å². The Morgan fingerprint density at radius 3 is 2.76 bits per heavy atom. The summed E-state index contributed by atoms with van der Waals surface area (Å²) in [5.74, 6) is -1.50. The molecule has 1 atom stereocenters. The minimum absolute atomic E-state index is 0.202. The first-order valence-electron chi connectivity index (χ1n) is 8.31. The lowest BCUT2D eigenvalue weighted by atomic mass is 9.93. The van der Waals surface area contributed by atoms with E-state index >= 15 is 0 Å². The number of aryl methyl sites for hydroxylation is 1. The second kappa shape index (κ2) is 7.58. The Balaban J connectivity index is 1.64. The highest BCUT2D eigenvalue weighted by molar-refractivity contribution is 7.89. The number of halogens is 2. The predicted molar refractivity (Wildman–Crippen MR) is 90.4 cm³/mol. The van der Waals surface area contributed by atoms with Gasteiger partial charge in [-0.25, -0.2) is 17.2 Å². The summed E-state index contributed by atoms with van der Waals surface area (Å²) in [4.78, 5) is 4.09. The third-order valence-corrected chi connectivity index (χ3v) is 6.43. The van der Waals surface area contributed by atoms with Gasteiger partial charge in [0.1, 0.15) is 4.90 Å². The summed E-state index contributed by atoms with van der Waals surface area (Å²) < 4.78 is 53.1. The molecular formula is C18H20F2N2O2S. The molecule has 0 saturated carbocycles. The van der Waals surface area contributed by atoms with Gasteiger partial charge in [-0.2, -0.15) is 4.31 Å². The fourth-order valence-corrected chi connectivity index (χ4v) is 4.71. The van der Waals surface area contributed by atoms with Crippen molar-refractivity contribution >= 4 is 10.0 Å². The molecule has 0 N–H and O–H groups in total. The van der Waals surface area contributed by atoms with Gasteiger partial charge in [0.15, 0.2) is 11.6 Å². The molecule has 1 aliphatic heterocycles. The van der Waals surface area contributed by atoms with Crippen molar-refractivity contribution in [3.05, 3.63) is 59.9 Å². The zero-order valence-corrected chi connectivity index (χ0v) is 14.6. The molecule has 134 valence electrons. The lowest BCUT2D eigenvalue weighted by Gasteiger charge is -2.32. The Morgan fingerprint density at radius 1 is 1.20 bits per heavy atom. The first-order chi connectivity index (χ1) is 12.0. The highest BCUT2D eigenvalue weighted by Crippen LogP contribution is 2.26. The van der Waals surface area contributed by atoms with Crippen LogP contribution in [0.25, 0.3) is 0 Å². The van der Waals surface area contributed by atoms with E-state index in [0.29, 0.717) is 19.5 Å². The van der Waals surface area contributed by atoms with Crippen molar-refractivity contribution < 1.29 is 17.2 Å². The second-order valence-corrected chi connectivity index (χ2v) is 8.29. The van der Waals surface area contributed by atoms with E-state index in [0.717, 1.165) is 30.9 Å². The molecule has 1 saturated heterocycles. The number of hydrogen-bond acceptors (Lipinski definition) is 3. The van der Waals surface area contributed by atoms with E-state index in [1.165, 1.54) is 16.6 Å². The van der Waals surface area contributed by atoms with E-state index in [2.05, 4.69) is 4.98 Å². The normalized spacial score (nSPS) is 19.0. The van der Waals surface area contributed by atoms with Gasteiger partial charge in [0.2, 0.25) is 10.0 Å². The van der Waals surface area contributed by atoms with E-state index in [9.17, 15) is 17.2 Å². The van der Waals surface area contributed by atoms with Crippen molar-refractivity contribution in [3.63, 3.8) is 0 Å². The van der Waals surface area contributed by atoms with Gasteiger partial charge >= 0.3 is 0 Å². The number of benzene rings is 1. The number of piperidine rings is 1. The minimum Gasteiger partial charge on any atom is -0.263 e. The molecule has 25 heavy (non-hydrogen) atoms. The van der Waals surface area contributed by atoms with Gasteiger partial charge in [-0.05, 0) is 61.4 Å². The van der Waals surface area contributed by atoms with Crippen molar-refractivity contribution in [1.82, 2.24) is 9.29 Å². The molecule has 0 aliphatic carbocycles. The van der Waals surface area contributed by atoms with Crippen LogP contribution in [-0.2, 0) is 16.4 Å². The molecule has 0 unspecified atom stereocenters. The Labute approximate surface area is 146 Å². The van der Waals surface area contributed by atoms with Crippen molar-refractivity contribution in [3.8, 4) is 0 Å². The molecule has 1 aliphatic rings. The smallest absolute Gasteiger partial charge is 0.244 e. The molecule has 0 bridgehead atoms. The molecular weight excluding hydrogens is 346 g/mol. The van der Waals surface area contributed by atoms with Gasteiger partial charge in [0, 0.05) is 25.5 Å². The first-order valence-corrected chi connectivity index (χ1v) is 9.75. The van der Waals surface area contributed by atoms with Crippen LogP contribution in [-0.4, -0.2) is 30.8 Å². The largest absolute Gasteiger partial charge is 0.263 e. The van der Waals surface area contributed by atoms with E-state index in [4.69, 9.17) is 0 Å². The lowest BCUT2D eigenvalue weighted by molar-refractivity contribution is 0.256.